The molecule has 0 fully saturated rings. The van der Waals surface area contributed by atoms with E-state index < -0.39 is 0 Å². The van der Waals surface area contributed by atoms with Crippen LogP contribution in [0.3, 0.4) is 0 Å². The summed E-state index contributed by atoms with van der Waals surface area (Å²) in [4.78, 5) is 0. The van der Waals surface area contributed by atoms with Crippen LogP contribution in [0, 0.1) is 0 Å². The summed E-state index contributed by atoms with van der Waals surface area (Å²) in [6, 6.07) is 0. The van der Waals surface area contributed by atoms with Gasteiger partial charge in [-0.05, 0) is 12.8 Å². The van der Waals surface area contributed by atoms with Gasteiger partial charge in [0.15, 0.2) is 0 Å². The SMILES string of the molecule is C=CC=CC=CC=CC=CCCCCCCCCCCCCCCCCCCCC. The van der Waals surface area contributed by atoms with Crippen molar-refractivity contribution in [3.8, 4) is 0 Å². The van der Waals surface area contributed by atoms with Gasteiger partial charge < -0.3 is 0 Å². The molecule has 0 unspecified atom stereocenters. The van der Waals surface area contributed by atoms with Crippen LogP contribution in [0.2, 0.25) is 0 Å². The van der Waals surface area contributed by atoms with Gasteiger partial charge >= 0.3 is 0 Å². The fourth-order valence-electron chi connectivity index (χ4n) is 3.74. The zero-order valence-corrected chi connectivity index (χ0v) is 20.3. The van der Waals surface area contributed by atoms with Crippen LogP contribution < -0.4 is 0 Å². The number of hydrogen-bond donors (Lipinski definition) is 0. The maximum Gasteiger partial charge on any atom is -0.0348 e. The van der Waals surface area contributed by atoms with Gasteiger partial charge in [0.05, 0.1) is 0 Å². The largest absolute Gasteiger partial charge is 0.0991 e. The van der Waals surface area contributed by atoms with E-state index in [0.717, 1.165) is 0 Å². The van der Waals surface area contributed by atoms with Crippen molar-refractivity contribution in [2.75, 3.05) is 0 Å². The Labute approximate surface area is 190 Å². The first-order valence-electron chi connectivity index (χ1n) is 13.2. The molecular weight excluding hydrogens is 360 g/mol. The minimum atomic E-state index is 1.21. The molecule has 0 spiro atoms. The molecule has 0 radical (unpaired) electrons. The molecule has 172 valence electrons. The average molecular weight is 413 g/mol. The Morgan fingerprint density at radius 1 is 0.400 bits per heavy atom. The molecule has 0 aliphatic rings. The molecule has 0 aliphatic heterocycles. The van der Waals surface area contributed by atoms with Crippen LogP contribution >= 0.6 is 0 Å². The molecule has 0 aliphatic carbocycles. The first-order valence-corrected chi connectivity index (χ1v) is 13.2. The number of rotatable bonds is 23. The van der Waals surface area contributed by atoms with Crippen LogP contribution in [0.25, 0.3) is 0 Å². The van der Waals surface area contributed by atoms with Crippen molar-refractivity contribution < 1.29 is 0 Å². The van der Waals surface area contributed by atoms with E-state index in [2.05, 4.69) is 37.8 Å². The number of unbranched alkanes of at least 4 members (excludes halogenated alkanes) is 18. The second-order valence-corrected chi connectivity index (χ2v) is 8.62. The van der Waals surface area contributed by atoms with Crippen molar-refractivity contribution in [1.29, 1.82) is 0 Å². The number of hydrogen-bond acceptors (Lipinski definition) is 0. The summed E-state index contributed by atoms with van der Waals surface area (Å²) in [5, 5.41) is 0. The van der Waals surface area contributed by atoms with Gasteiger partial charge in [-0.25, -0.2) is 0 Å². The maximum absolute atomic E-state index is 3.64. The Morgan fingerprint density at radius 2 is 0.733 bits per heavy atom. The van der Waals surface area contributed by atoms with Crippen LogP contribution in [0.4, 0.5) is 0 Å². The topological polar surface area (TPSA) is 0 Å². The van der Waals surface area contributed by atoms with Gasteiger partial charge in [0.1, 0.15) is 0 Å². The van der Waals surface area contributed by atoms with E-state index in [4.69, 9.17) is 0 Å². The average Bonchev–Trinajstić information content (AvgIpc) is 2.76. The monoisotopic (exact) mass is 412 g/mol. The highest BCUT2D eigenvalue weighted by Gasteiger charge is 1.94. The molecule has 0 saturated carbocycles. The molecule has 0 saturated heterocycles. The van der Waals surface area contributed by atoms with Crippen LogP contribution in [-0.4, -0.2) is 0 Å². The van der Waals surface area contributed by atoms with Crippen molar-refractivity contribution in [3.05, 3.63) is 61.3 Å². The third kappa shape index (κ3) is 26.7. The minimum Gasteiger partial charge on any atom is -0.0991 e. The summed E-state index contributed by atoms with van der Waals surface area (Å²) >= 11 is 0. The van der Waals surface area contributed by atoms with Gasteiger partial charge in [-0.15, -0.1) is 0 Å². The van der Waals surface area contributed by atoms with E-state index >= 15 is 0 Å². The van der Waals surface area contributed by atoms with Crippen molar-refractivity contribution in [3.63, 3.8) is 0 Å². The highest BCUT2D eigenvalue weighted by atomic mass is 14.0. The van der Waals surface area contributed by atoms with E-state index in [-0.39, 0.29) is 0 Å². The molecule has 0 heteroatoms. The summed E-state index contributed by atoms with van der Waals surface area (Å²) in [5.41, 5.74) is 0. The molecule has 0 rings (SSSR count). The molecule has 0 aromatic heterocycles. The zero-order chi connectivity index (χ0) is 21.8. The first kappa shape index (κ1) is 28.7. The molecule has 0 aromatic carbocycles. The Morgan fingerprint density at radius 3 is 1.13 bits per heavy atom. The molecule has 0 amide bonds. The zero-order valence-electron chi connectivity index (χ0n) is 20.3. The van der Waals surface area contributed by atoms with Crippen LogP contribution in [0.1, 0.15) is 129 Å². The quantitative estimate of drug-likeness (QED) is 0.116. The second-order valence-electron chi connectivity index (χ2n) is 8.62. The predicted molar refractivity (Wildman–Crippen MR) is 140 cm³/mol. The molecule has 0 N–H and O–H groups in total. The van der Waals surface area contributed by atoms with Crippen molar-refractivity contribution in [1.82, 2.24) is 0 Å². The lowest BCUT2D eigenvalue weighted by atomic mass is 10.0. The van der Waals surface area contributed by atoms with Crippen molar-refractivity contribution in [2.45, 2.75) is 129 Å². The Hall–Kier alpha value is -1.30. The third-order valence-electron chi connectivity index (χ3n) is 5.66. The van der Waals surface area contributed by atoms with Gasteiger partial charge in [0, 0.05) is 0 Å². The van der Waals surface area contributed by atoms with Gasteiger partial charge in [-0.3, -0.25) is 0 Å². The third-order valence-corrected chi connectivity index (χ3v) is 5.66. The van der Waals surface area contributed by atoms with E-state index in [1.165, 1.54) is 122 Å². The predicted octanol–water partition coefficient (Wildman–Crippen LogP) is 10.8. The van der Waals surface area contributed by atoms with Gasteiger partial charge in [-0.1, -0.05) is 177 Å². The molecule has 30 heavy (non-hydrogen) atoms. The lowest BCUT2D eigenvalue weighted by molar-refractivity contribution is 0.525. The second kappa shape index (κ2) is 27.7. The molecule has 0 aromatic rings. The summed E-state index contributed by atoms with van der Waals surface area (Å²) in [5.74, 6) is 0. The van der Waals surface area contributed by atoms with Crippen LogP contribution in [-0.2, 0) is 0 Å². The lowest BCUT2D eigenvalue weighted by Crippen LogP contribution is -1.84. The molecule has 0 nitrogen and oxygen atoms in total. The fraction of sp³-hybridized carbons (Fsp3) is 0.667. The molecule has 0 heterocycles. The van der Waals surface area contributed by atoms with E-state index in [1.807, 2.05) is 24.3 Å². The van der Waals surface area contributed by atoms with Gasteiger partial charge in [0.25, 0.3) is 0 Å². The smallest absolute Gasteiger partial charge is 0.0348 e. The van der Waals surface area contributed by atoms with E-state index in [0.29, 0.717) is 0 Å². The minimum absolute atomic E-state index is 1.21. The van der Waals surface area contributed by atoms with E-state index in [1.54, 1.807) is 6.08 Å². The molecular formula is C30H52. The maximum atomic E-state index is 3.64. The van der Waals surface area contributed by atoms with Crippen molar-refractivity contribution >= 4 is 0 Å². The first-order chi connectivity index (χ1) is 14.9. The fourth-order valence-corrected chi connectivity index (χ4v) is 3.74. The Bertz CT molecular complexity index is 435. The van der Waals surface area contributed by atoms with Gasteiger partial charge in [-0.2, -0.15) is 0 Å². The normalized spacial score (nSPS) is 12.3. The standard InChI is InChI=1S/C30H52/c1-3-5-7-9-11-13-15-17-19-21-23-25-27-29-30-28-26-24-22-20-18-16-14-12-10-8-6-4-2/h3,5,7,9,11,13,15,17,19H,1,4,6,8,10,12,14,16,18,20-30H2,2H3. The van der Waals surface area contributed by atoms with Crippen LogP contribution in [0.5, 0.6) is 0 Å². The van der Waals surface area contributed by atoms with Crippen molar-refractivity contribution in [2.24, 2.45) is 0 Å². The van der Waals surface area contributed by atoms with Crippen LogP contribution in [0.15, 0.2) is 61.3 Å². The Kier molecular flexibility index (Phi) is 26.5. The number of allylic oxidation sites excluding steroid dienone is 9. The summed E-state index contributed by atoms with van der Waals surface area (Å²) in [6.45, 7) is 5.94. The highest BCUT2D eigenvalue weighted by Crippen LogP contribution is 2.14. The van der Waals surface area contributed by atoms with E-state index in [9.17, 15) is 0 Å². The van der Waals surface area contributed by atoms with Gasteiger partial charge in [0.2, 0.25) is 0 Å². The summed E-state index contributed by atoms with van der Waals surface area (Å²) in [6.07, 6.45) is 45.6. The summed E-state index contributed by atoms with van der Waals surface area (Å²) < 4.78 is 0. The lowest BCUT2D eigenvalue weighted by Gasteiger charge is -2.03. The highest BCUT2D eigenvalue weighted by molar-refractivity contribution is 5.17. The molecule has 0 bridgehead atoms. The summed E-state index contributed by atoms with van der Waals surface area (Å²) in [7, 11) is 0. The molecule has 0 atom stereocenters. The Balaban J connectivity index is 3.16.